The third-order valence-electron chi connectivity index (χ3n) is 1.65. The predicted molar refractivity (Wildman–Crippen MR) is 42.7 cm³/mol. The number of aryl methyl sites for hydroxylation is 2. The Kier molecular flexibility index (Phi) is 1.80. The van der Waals surface area contributed by atoms with E-state index < -0.39 is 0 Å². The van der Waals surface area contributed by atoms with Crippen LogP contribution in [0, 0.1) is 27.7 Å². The van der Waals surface area contributed by atoms with Crippen LogP contribution in [0.15, 0.2) is 12.1 Å². The summed E-state index contributed by atoms with van der Waals surface area (Å²) in [7, 11) is 0. The van der Waals surface area contributed by atoms with Gasteiger partial charge in [-0.3, -0.25) is 0 Å². The van der Waals surface area contributed by atoms with Crippen molar-refractivity contribution in [2.24, 2.45) is 0 Å². The standard InChI is InChI=1S/C10H10/c1-7-5-9(3)10(4)6-8(7)2/h1,3,5-6H,2,4H3. The van der Waals surface area contributed by atoms with Crippen molar-refractivity contribution in [2.45, 2.75) is 13.8 Å². The first-order chi connectivity index (χ1) is 4.61. The Morgan fingerprint density at radius 1 is 0.900 bits per heavy atom. The van der Waals surface area contributed by atoms with Crippen LogP contribution < -0.4 is 0 Å². The van der Waals surface area contributed by atoms with Crippen LogP contribution in [-0.2, 0) is 0 Å². The SMILES string of the molecule is [CH]c1cc([CH])c(C)cc1C. The van der Waals surface area contributed by atoms with Crippen LogP contribution in [0.2, 0.25) is 0 Å². The van der Waals surface area contributed by atoms with Gasteiger partial charge in [0.25, 0.3) is 0 Å². The van der Waals surface area contributed by atoms with E-state index in [1.54, 1.807) is 6.07 Å². The van der Waals surface area contributed by atoms with Crippen molar-refractivity contribution in [1.29, 1.82) is 0 Å². The summed E-state index contributed by atoms with van der Waals surface area (Å²) in [5.74, 6) is 0. The molecule has 0 saturated carbocycles. The molecule has 0 heterocycles. The van der Waals surface area contributed by atoms with E-state index in [1.807, 2.05) is 19.9 Å². The second-order valence-corrected chi connectivity index (χ2v) is 2.57. The highest BCUT2D eigenvalue weighted by Crippen LogP contribution is 2.13. The Morgan fingerprint density at radius 2 is 1.30 bits per heavy atom. The van der Waals surface area contributed by atoms with Gasteiger partial charge in [0, 0.05) is 0 Å². The quantitative estimate of drug-likeness (QED) is 0.506. The molecule has 0 bridgehead atoms. The number of hydrogen-bond acceptors (Lipinski definition) is 0. The van der Waals surface area contributed by atoms with Gasteiger partial charge in [0.05, 0.1) is 0 Å². The lowest BCUT2D eigenvalue weighted by atomic mass is 10.0. The summed E-state index contributed by atoms with van der Waals surface area (Å²) < 4.78 is 0. The molecule has 1 aromatic carbocycles. The molecular weight excluding hydrogens is 120 g/mol. The normalized spacial score (nSPS) is 10.0. The van der Waals surface area contributed by atoms with Crippen molar-refractivity contribution in [1.82, 2.24) is 0 Å². The average molecular weight is 130 g/mol. The summed E-state index contributed by atoms with van der Waals surface area (Å²) in [5.41, 5.74) is 3.71. The molecule has 0 nitrogen and oxygen atoms in total. The highest BCUT2D eigenvalue weighted by atomic mass is 14.0. The summed E-state index contributed by atoms with van der Waals surface area (Å²) in [5, 5.41) is 0. The van der Waals surface area contributed by atoms with E-state index >= 15 is 0 Å². The van der Waals surface area contributed by atoms with Gasteiger partial charge in [-0.2, -0.15) is 0 Å². The minimum absolute atomic E-state index is 0.767. The largest absolute Gasteiger partial charge is 0.0558 e. The number of rotatable bonds is 0. The fourth-order valence-corrected chi connectivity index (χ4v) is 0.887. The molecule has 0 aliphatic carbocycles. The molecule has 0 fully saturated rings. The smallest absolute Gasteiger partial charge is 0.000911 e. The maximum absolute atomic E-state index is 5.61. The van der Waals surface area contributed by atoms with E-state index in [-0.39, 0.29) is 0 Å². The summed E-state index contributed by atoms with van der Waals surface area (Å²) >= 11 is 0. The lowest BCUT2D eigenvalue weighted by Gasteiger charge is -2.03. The van der Waals surface area contributed by atoms with Crippen LogP contribution in [-0.4, -0.2) is 0 Å². The molecule has 50 valence electrons. The zero-order valence-corrected chi connectivity index (χ0v) is 6.31. The van der Waals surface area contributed by atoms with Gasteiger partial charge < -0.3 is 0 Å². The van der Waals surface area contributed by atoms with Gasteiger partial charge in [0.15, 0.2) is 0 Å². The summed E-state index contributed by atoms with van der Waals surface area (Å²) in [6.45, 7) is 15.2. The second kappa shape index (κ2) is 2.45. The molecule has 1 aromatic rings. The Balaban J connectivity index is 3.28. The zero-order chi connectivity index (χ0) is 7.72. The van der Waals surface area contributed by atoms with E-state index in [1.165, 1.54) is 0 Å². The average Bonchev–Trinajstić information content (AvgIpc) is 1.84. The number of benzene rings is 1. The van der Waals surface area contributed by atoms with Gasteiger partial charge in [-0.1, -0.05) is 12.1 Å². The molecule has 0 spiro atoms. The van der Waals surface area contributed by atoms with E-state index in [0.717, 1.165) is 22.3 Å². The Morgan fingerprint density at radius 3 is 1.60 bits per heavy atom. The van der Waals surface area contributed by atoms with Gasteiger partial charge in [0.1, 0.15) is 0 Å². The van der Waals surface area contributed by atoms with Gasteiger partial charge in [0.2, 0.25) is 0 Å². The van der Waals surface area contributed by atoms with E-state index in [9.17, 15) is 0 Å². The summed E-state index contributed by atoms with van der Waals surface area (Å²) in [6.07, 6.45) is 0. The first-order valence-corrected chi connectivity index (χ1v) is 3.23. The molecule has 0 unspecified atom stereocenters. The van der Waals surface area contributed by atoms with Crippen molar-refractivity contribution >= 4 is 0 Å². The summed E-state index contributed by atoms with van der Waals surface area (Å²) in [6, 6.07) is 3.79. The van der Waals surface area contributed by atoms with Crippen molar-refractivity contribution in [3.8, 4) is 0 Å². The topological polar surface area (TPSA) is 0 Å². The van der Waals surface area contributed by atoms with Crippen LogP contribution in [0.5, 0.6) is 0 Å². The molecule has 10 heavy (non-hydrogen) atoms. The zero-order valence-electron chi connectivity index (χ0n) is 6.31. The molecule has 1 rings (SSSR count). The van der Waals surface area contributed by atoms with Crippen molar-refractivity contribution in [3.05, 3.63) is 48.2 Å². The Hall–Kier alpha value is -0.780. The molecule has 0 atom stereocenters. The maximum atomic E-state index is 5.61. The monoisotopic (exact) mass is 130 g/mol. The summed E-state index contributed by atoms with van der Waals surface area (Å²) in [4.78, 5) is 0. The van der Waals surface area contributed by atoms with E-state index in [0.29, 0.717) is 0 Å². The molecule has 0 aliphatic rings. The third-order valence-corrected chi connectivity index (χ3v) is 1.65. The van der Waals surface area contributed by atoms with Crippen LogP contribution in [0.1, 0.15) is 22.3 Å². The van der Waals surface area contributed by atoms with Gasteiger partial charge in [-0.15, -0.1) is 0 Å². The molecule has 0 aliphatic heterocycles. The Bertz CT molecular complexity index is 196. The lowest BCUT2D eigenvalue weighted by molar-refractivity contribution is 1.32. The minimum Gasteiger partial charge on any atom is -0.0558 e. The Labute approximate surface area is 62.9 Å². The highest BCUT2D eigenvalue weighted by Gasteiger charge is 1.95. The first-order valence-electron chi connectivity index (χ1n) is 3.23. The molecule has 0 amide bonds. The van der Waals surface area contributed by atoms with Crippen molar-refractivity contribution in [2.75, 3.05) is 0 Å². The molecule has 0 saturated heterocycles. The lowest BCUT2D eigenvalue weighted by Crippen LogP contribution is -1.86. The van der Waals surface area contributed by atoms with E-state index in [4.69, 9.17) is 13.8 Å². The molecule has 4 radical (unpaired) electrons. The molecule has 0 heteroatoms. The van der Waals surface area contributed by atoms with Crippen molar-refractivity contribution in [3.63, 3.8) is 0 Å². The van der Waals surface area contributed by atoms with Crippen molar-refractivity contribution < 1.29 is 0 Å². The highest BCUT2D eigenvalue weighted by molar-refractivity contribution is 5.39. The fraction of sp³-hybridized carbons (Fsp3) is 0.200. The van der Waals surface area contributed by atoms with Gasteiger partial charge >= 0.3 is 0 Å². The number of hydrogen-bond donors (Lipinski definition) is 0. The molecular formula is C10H10. The molecule has 0 aromatic heterocycles. The van der Waals surface area contributed by atoms with Gasteiger partial charge in [-0.05, 0) is 49.9 Å². The first kappa shape index (κ1) is 7.33. The third kappa shape index (κ3) is 1.21. The van der Waals surface area contributed by atoms with Crippen LogP contribution in [0.25, 0.3) is 0 Å². The van der Waals surface area contributed by atoms with Crippen LogP contribution in [0.4, 0.5) is 0 Å². The predicted octanol–water partition coefficient (Wildman–Crippen LogP) is 2.42. The fourth-order valence-electron chi connectivity index (χ4n) is 0.887. The van der Waals surface area contributed by atoms with Crippen LogP contribution >= 0.6 is 0 Å². The second-order valence-electron chi connectivity index (χ2n) is 2.57. The minimum atomic E-state index is 0.767. The van der Waals surface area contributed by atoms with E-state index in [2.05, 4.69) is 0 Å². The maximum Gasteiger partial charge on any atom is -0.000911 e. The molecule has 0 N–H and O–H groups in total. The van der Waals surface area contributed by atoms with Crippen LogP contribution in [0.3, 0.4) is 0 Å². The van der Waals surface area contributed by atoms with Gasteiger partial charge in [-0.25, -0.2) is 0 Å².